The molecule has 0 saturated heterocycles. The quantitative estimate of drug-likeness (QED) is 0.610. The summed E-state index contributed by atoms with van der Waals surface area (Å²) in [5.74, 6) is 1.10. The largest absolute Gasteiger partial charge is 0.468 e. The summed E-state index contributed by atoms with van der Waals surface area (Å²) in [6, 6.07) is 8.47. The molecule has 7 heteroatoms. The lowest BCUT2D eigenvalue weighted by molar-refractivity contribution is -0.141. The maximum absolute atomic E-state index is 11.3. The Morgan fingerprint density at radius 3 is 3.15 bits per heavy atom. The minimum absolute atomic E-state index is 0.0487. The van der Waals surface area contributed by atoms with Crippen LogP contribution in [0.3, 0.4) is 0 Å². The predicted octanol–water partition coefficient (Wildman–Crippen LogP) is 1.28. The number of thioether (sulfide) groups is 1. The van der Waals surface area contributed by atoms with Crippen molar-refractivity contribution in [2.45, 2.75) is 24.0 Å². The van der Waals surface area contributed by atoms with Crippen molar-refractivity contribution in [3.8, 4) is 0 Å². The van der Waals surface area contributed by atoms with Crippen molar-refractivity contribution < 1.29 is 9.53 Å². The number of methoxy groups -OCH3 is 1. The molecular weight excluding hydrogens is 276 g/mol. The molecule has 0 N–H and O–H groups in total. The molecule has 3 rings (SSSR count). The number of benzene rings is 1. The van der Waals surface area contributed by atoms with Crippen molar-refractivity contribution in [2.24, 2.45) is 0 Å². The van der Waals surface area contributed by atoms with Gasteiger partial charge in [-0.25, -0.2) is 4.68 Å². The average Bonchev–Trinajstić information content (AvgIpc) is 2.87. The van der Waals surface area contributed by atoms with E-state index in [-0.39, 0.29) is 12.5 Å². The first-order valence-electron chi connectivity index (χ1n) is 6.31. The van der Waals surface area contributed by atoms with E-state index >= 15 is 0 Å². The highest BCUT2D eigenvalue weighted by Crippen LogP contribution is 2.38. The molecule has 1 unspecified atom stereocenters. The Kier molecular flexibility index (Phi) is 3.68. The second-order valence-electron chi connectivity index (χ2n) is 4.61. The SMILES string of the molecule is COC(=O)Cn1nnnc1SCC1Cc2ccccc21. The van der Waals surface area contributed by atoms with Gasteiger partial charge in [-0.2, -0.15) is 0 Å². The second kappa shape index (κ2) is 5.62. The molecule has 1 heterocycles. The topological polar surface area (TPSA) is 69.9 Å². The number of carbonyl (C=O) groups excluding carboxylic acids is 1. The van der Waals surface area contributed by atoms with Crippen LogP contribution >= 0.6 is 11.8 Å². The number of hydrogen-bond donors (Lipinski definition) is 0. The van der Waals surface area contributed by atoms with Crippen LogP contribution in [0.4, 0.5) is 0 Å². The molecular formula is C13H14N4O2S. The third kappa shape index (κ3) is 2.53. The Hall–Kier alpha value is -1.89. The summed E-state index contributed by atoms with van der Waals surface area (Å²) in [6.45, 7) is 0.0487. The highest BCUT2D eigenvalue weighted by molar-refractivity contribution is 7.99. The number of tetrazole rings is 1. The fourth-order valence-electron chi connectivity index (χ4n) is 2.27. The Labute approximate surface area is 120 Å². The maximum atomic E-state index is 11.3. The van der Waals surface area contributed by atoms with Crippen LogP contribution in [0.1, 0.15) is 17.0 Å². The van der Waals surface area contributed by atoms with Gasteiger partial charge in [0.25, 0.3) is 0 Å². The molecule has 1 aliphatic carbocycles. The van der Waals surface area contributed by atoms with Gasteiger partial charge < -0.3 is 4.74 Å². The molecule has 0 spiro atoms. The Morgan fingerprint density at radius 2 is 2.35 bits per heavy atom. The molecule has 0 radical (unpaired) electrons. The number of rotatable bonds is 5. The molecule has 1 atom stereocenters. The summed E-state index contributed by atoms with van der Waals surface area (Å²) >= 11 is 1.57. The number of carbonyl (C=O) groups is 1. The van der Waals surface area contributed by atoms with E-state index in [4.69, 9.17) is 0 Å². The van der Waals surface area contributed by atoms with Crippen molar-refractivity contribution in [1.29, 1.82) is 0 Å². The average molecular weight is 290 g/mol. The van der Waals surface area contributed by atoms with Crippen LogP contribution in [0.2, 0.25) is 0 Å². The second-order valence-corrected chi connectivity index (χ2v) is 5.59. The van der Waals surface area contributed by atoms with Gasteiger partial charge in [-0.05, 0) is 33.9 Å². The lowest BCUT2D eigenvalue weighted by Gasteiger charge is -2.29. The first-order valence-corrected chi connectivity index (χ1v) is 7.30. The van der Waals surface area contributed by atoms with Gasteiger partial charge in [0.15, 0.2) is 0 Å². The van der Waals surface area contributed by atoms with Crippen LogP contribution in [0, 0.1) is 0 Å². The summed E-state index contributed by atoms with van der Waals surface area (Å²) in [4.78, 5) is 11.3. The van der Waals surface area contributed by atoms with Crippen molar-refractivity contribution in [1.82, 2.24) is 20.2 Å². The molecule has 1 aromatic carbocycles. The first-order chi connectivity index (χ1) is 9.78. The number of hydrogen-bond acceptors (Lipinski definition) is 6. The maximum Gasteiger partial charge on any atom is 0.327 e. The zero-order valence-electron chi connectivity index (χ0n) is 11.0. The van der Waals surface area contributed by atoms with E-state index in [2.05, 4.69) is 44.5 Å². The van der Waals surface area contributed by atoms with E-state index in [1.54, 1.807) is 11.8 Å². The predicted molar refractivity (Wildman–Crippen MR) is 73.4 cm³/mol. The van der Waals surface area contributed by atoms with Crippen LogP contribution in [-0.2, 0) is 22.5 Å². The first kappa shape index (κ1) is 13.1. The van der Waals surface area contributed by atoms with Crippen molar-refractivity contribution in [3.05, 3.63) is 35.4 Å². The van der Waals surface area contributed by atoms with E-state index in [0.29, 0.717) is 11.1 Å². The lowest BCUT2D eigenvalue weighted by Crippen LogP contribution is -2.19. The van der Waals surface area contributed by atoms with Gasteiger partial charge in [-0.1, -0.05) is 36.0 Å². The van der Waals surface area contributed by atoms with E-state index in [1.807, 2.05) is 0 Å². The van der Waals surface area contributed by atoms with Gasteiger partial charge in [0.05, 0.1) is 7.11 Å². The molecule has 0 amide bonds. The number of esters is 1. The van der Waals surface area contributed by atoms with Gasteiger partial charge in [0.2, 0.25) is 5.16 Å². The molecule has 1 aliphatic rings. The van der Waals surface area contributed by atoms with Crippen molar-refractivity contribution in [3.63, 3.8) is 0 Å². The van der Waals surface area contributed by atoms with Crippen LogP contribution in [0.15, 0.2) is 29.4 Å². The molecule has 104 valence electrons. The zero-order valence-corrected chi connectivity index (χ0v) is 11.8. The van der Waals surface area contributed by atoms with Gasteiger partial charge >= 0.3 is 5.97 Å². The molecule has 0 aliphatic heterocycles. The zero-order chi connectivity index (χ0) is 13.9. The highest BCUT2D eigenvalue weighted by atomic mass is 32.2. The smallest absolute Gasteiger partial charge is 0.327 e. The molecule has 20 heavy (non-hydrogen) atoms. The van der Waals surface area contributed by atoms with E-state index in [0.717, 1.165) is 12.2 Å². The Balaban J connectivity index is 1.60. The third-order valence-corrected chi connectivity index (χ3v) is 4.50. The fraction of sp³-hybridized carbons (Fsp3) is 0.385. The minimum Gasteiger partial charge on any atom is -0.468 e. The summed E-state index contributed by atoms with van der Waals surface area (Å²) in [7, 11) is 1.35. The van der Waals surface area contributed by atoms with Crippen LogP contribution in [-0.4, -0.2) is 39.0 Å². The van der Waals surface area contributed by atoms with Gasteiger partial charge in [0, 0.05) is 5.75 Å². The van der Waals surface area contributed by atoms with Crippen LogP contribution in [0.25, 0.3) is 0 Å². The lowest BCUT2D eigenvalue weighted by atomic mass is 9.79. The molecule has 0 fully saturated rings. The number of fused-ring (bicyclic) bond motifs is 1. The summed E-state index contributed by atoms with van der Waals surface area (Å²) in [6.07, 6.45) is 1.10. The number of aromatic nitrogens is 4. The van der Waals surface area contributed by atoms with E-state index in [9.17, 15) is 4.79 Å². The minimum atomic E-state index is -0.354. The summed E-state index contributed by atoms with van der Waals surface area (Å²) in [5.41, 5.74) is 2.83. The van der Waals surface area contributed by atoms with Crippen LogP contribution in [0.5, 0.6) is 0 Å². The molecule has 6 nitrogen and oxygen atoms in total. The third-order valence-electron chi connectivity index (χ3n) is 3.38. The normalized spacial score (nSPS) is 16.4. The van der Waals surface area contributed by atoms with E-state index < -0.39 is 0 Å². The van der Waals surface area contributed by atoms with E-state index in [1.165, 1.54) is 22.9 Å². The standard InChI is InChI=1S/C13H14N4O2S/c1-19-12(18)7-17-13(14-15-16-17)20-8-10-6-9-4-2-3-5-11(9)10/h2-5,10H,6-8H2,1H3. The summed E-state index contributed by atoms with van der Waals surface area (Å²) in [5, 5.41) is 12.0. The van der Waals surface area contributed by atoms with Crippen molar-refractivity contribution in [2.75, 3.05) is 12.9 Å². The molecule has 2 aromatic rings. The molecule has 0 saturated carbocycles. The highest BCUT2D eigenvalue weighted by Gasteiger charge is 2.26. The van der Waals surface area contributed by atoms with Gasteiger partial charge in [-0.3, -0.25) is 4.79 Å². The molecule has 0 bridgehead atoms. The Bertz CT molecular complexity index is 628. The monoisotopic (exact) mass is 290 g/mol. The fourth-order valence-corrected chi connectivity index (χ4v) is 3.26. The number of ether oxygens (including phenoxy) is 1. The Morgan fingerprint density at radius 1 is 1.50 bits per heavy atom. The molecule has 1 aromatic heterocycles. The van der Waals surface area contributed by atoms with Gasteiger partial charge in [0.1, 0.15) is 6.54 Å². The number of nitrogens with zero attached hydrogens (tertiary/aromatic N) is 4. The van der Waals surface area contributed by atoms with Crippen molar-refractivity contribution >= 4 is 17.7 Å². The summed E-state index contributed by atoms with van der Waals surface area (Å²) < 4.78 is 6.09. The van der Waals surface area contributed by atoms with Gasteiger partial charge in [-0.15, -0.1) is 5.10 Å². The van der Waals surface area contributed by atoms with Crippen LogP contribution < -0.4 is 0 Å².